The first kappa shape index (κ1) is 14.1. The maximum Gasteiger partial charge on any atom is 0.118 e. The normalized spacial score (nSPS) is 12.4. The molecule has 0 aliphatic rings. The van der Waals surface area contributed by atoms with E-state index in [0.29, 0.717) is 6.04 Å². The Hall–Kier alpha value is -1.32. The summed E-state index contributed by atoms with van der Waals surface area (Å²) in [5, 5.41) is 3.57. The number of ether oxygens (including phenoxy) is 1. The van der Waals surface area contributed by atoms with Crippen LogP contribution in [0.15, 0.2) is 30.3 Å². The smallest absolute Gasteiger partial charge is 0.118 e. The zero-order chi connectivity index (χ0) is 13.8. The zero-order valence-electron chi connectivity index (χ0n) is 12.0. The lowest BCUT2D eigenvalue weighted by Gasteiger charge is -2.14. The molecule has 0 saturated carbocycles. The van der Waals surface area contributed by atoms with Crippen molar-refractivity contribution in [2.75, 3.05) is 7.11 Å². The fraction of sp³-hybridized carbons (Fsp3) is 0.375. The molecule has 0 bridgehead atoms. The Morgan fingerprint density at radius 3 is 2.42 bits per heavy atom. The van der Waals surface area contributed by atoms with Gasteiger partial charge in [0.25, 0.3) is 0 Å². The van der Waals surface area contributed by atoms with E-state index in [2.05, 4.69) is 44.3 Å². The highest BCUT2D eigenvalue weighted by molar-refractivity contribution is 7.12. The Morgan fingerprint density at radius 2 is 1.89 bits per heavy atom. The van der Waals surface area contributed by atoms with Crippen LogP contribution in [-0.2, 0) is 6.54 Å². The number of aryl methyl sites for hydroxylation is 2. The summed E-state index contributed by atoms with van der Waals surface area (Å²) in [6.45, 7) is 7.46. The molecule has 1 unspecified atom stereocenters. The van der Waals surface area contributed by atoms with Crippen LogP contribution in [-0.4, -0.2) is 7.11 Å². The molecule has 1 N–H and O–H groups in total. The molecule has 2 nitrogen and oxygen atoms in total. The molecule has 1 aromatic heterocycles. The number of nitrogens with one attached hydrogen (secondary N) is 1. The van der Waals surface area contributed by atoms with Crippen LogP contribution in [0.25, 0.3) is 0 Å². The average Bonchev–Trinajstić information content (AvgIpc) is 2.74. The van der Waals surface area contributed by atoms with Gasteiger partial charge in [0.05, 0.1) is 7.11 Å². The SMILES string of the molecule is COc1ccc(C(C)NCc2cc(C)sc2C)cc1. The summed E-state index contributed by atoms with van der Waals surface area (Å²) in [7, 11) is 1.69. The van der Waals surface area contributed by atoms with Gasteiger partial charge in [0.1, 0.15) is 5.75 Å². The summed E-state index contributed by atoms with van der Waals surface area (Å²) in [6, 6.07) is 10.9. The van der Waals surface area contributed by atoms with Crippen LogP contribution in [0, 0.1) is 13.8 Å². The van der Waals surface area contributed by atoms with E-state index in [9.17, 15) is 0 Å². The van der Waals surface area contributed by atoms with Gasteiger partial charge in [-0.25, -0.2) is 0 Å². The van der Waals surface area contributed by atoms with E-state index in [1.807, 2.05) is 23.5 Å². The van der Waals surface area contributed by atoms with E-state index in [1.165, 1.54) is 20.9 Å². The maximum atomic E-state index is 5.18. The predicted octanol–water partition coefficient (Wildman–Crippen LogP) is 4.22. The molecule has 102 valence electrons. The van der Waals surface area contributed by atoms with E-state index < -0.39 is 0 Å². The highest BCUT2D eigenvalue weighted by Gasteiger charge is 2.07. The van der Waals surface area contributed by atoms with Crippen molar-refractivity contribution in [2.45, 2.75) is 33.4 Å². The van der Waals surface area contributed by atoms with Crippen LogP contribution in [0.1, 0.15) is 33.8 Å². The predicted molar refractivity (Wildman–Crippen MR) is 82.0 cm³/mol. The molecule has 0 radical (unpaired) electrons. The first-order valence-corrected chi connectivity index (χ1v) is 7.35. The van der Waals surface area contributed by atoms with Gasteiger partial charge < -0.3 is 10.1 Å². The molecule has 1 aromatic carbocycles. The number of hydrogen-bond donors (Lipinski definition) is 1. The van der Waals surface area contributed by atoms with Crippen LogP contribution in [0.3, 0.4) is 0 Å². The molecule has 0 fully saturated rings. The molecule has 0 amide bonds. The molecule has 2 aromatic rings. The lowest BCUT2D eigenvalue weighted by Crippen LogP contribution is -2.18. The number of methoxy groups -OCH3 is 1. The fourth-order valence-electron chi connectivity index (χ4n) is 2.13. The Labute approximate surface area is 119 Å². The Balaban J connectivity index is 1.96. The standard InChI is InChI=1S/C16H21NOS/c1-11-9-15(13(3)19-11)10-17-12(2)14-5-7-16(18-4)8-6-14/h5-9,12,17H,10H2,1-4H3. The third-order valence-corrected chi connectivity index (χ3v) is 4.37. The van der Waals surface area contributed by atoms with Gasteiger partial charge in [0, 0.05) is 22.3 Å². The van der Waals surface area contributed by atoms with Crippen LogP contribution in [0.5, 0.6) is 5.75 Å². The molecule has 3 heteroatoms. The van der Waals surface area contributed by atoms with Crippen molar-refractivity contribution in [3.05, 3.63) is 51.2 Å². The van der Waals surface area contributed by atoms with Crippen molar-refractivity contribution in [1.29, 1.82) is 0 Å². The lowest BCUT2D eigenvalue weighted by molar-refractivity contribution is 0.414. The Bertz CT molecular complexity index is 530. The second-order valence-corrected chi connectivity index (χ2v) is 6.27. The molecule has 2 rings (SSSR count). The molecule has 0 saturated heterocycles. The van der Waals surface area contributed by atoms with Crippen molar-refractivity contribution in [2.24, 2.45) is 0 Å². The van der Waals surface area contributed by atoms with Crippen LogP contribution >= 0.6 is 11.3 Å². The lowest BCUT2D eigenvalue weighted by atomic mass is 10.1. The van der Waals surface area contributed by atoms with E-state index in [4.69, 9.17) is 4.74 Å². The van der Waals surface area contributed by atoms with Crippen molar-refractivity contribution >= 4 is 11.3 Å². The highest BCUT2D eigenvalue weighted by atomic mass is 32.1. The van der Waals surface area contributed by atoms with Gasteiger partial charge in [-0.2, -0.15) is 0 Å². The summed E-state index contributed by atoms with van der Waals surface area (Å²) in [5.74, 6) is 0.903. The van der Waals surface area contributed by atoms with Crippen molar-refractivity contribution in [3.8, 4) is 5.75 Å². The molecule has 0 aliphatic carbocycles. The molecule has 1 atom stereocenters. The third kappa shape index (κ3) is 3.58. The summed E-state index contributed by atoms with van der Waals surface area (Å²) in [5.41, 5.74) is 2.69. The molecular formula is C16H21NOS. The minimum atomic E-state index is 0.338. The number of rotatable bonds is 5. The summed E-state index contributed by atoms with van der Waals surface area (Å²) < 4.78 is 5.18. The molecule has 1 heterocycles. The van der Waals surface area contributed by atoms with Crippen molar-refractivity contribution in [3.63, 3.8) is 0 Å². The molecule has 0 aliphatic heterocycles. The van der Waals surface area contributed by atoms with E-state index in [-0.39, 0.29) is 0 Å². The van der Waals surface area contributed by atoms with Gasteiger partial charge in [-0.1, -0.05) is 12.1 Å². The monoisotopic (exact) mass is 275 g/mol. The minimum absolute atomic E-state index is 0.338. The van der Waals surface area contributed by atoms with Gasteiger partial charge in [-0.05, 0) is 50.1 Å². The van der Waals surface area contributed by atoms with Gasteiger partial charge in [0.15, 0.2) is 0 Å². The number of benzene rings is 1. The molecule has 0 spiro atoms. The van der Waals surface area contributed by atoms with Gasteiger partial charge in [0.2, 0.25) is 0 Å². The number of hydrogen-bond acceptors (Lipinski definition) is 3. The topological polar surface area (TPSA) is 21.3 Å². The summed E-state index contributed by atoms with van der Waals surface area (Å²) in [6.07, 6.45) is 0. The minimum Gasteiger partial charge on any atom is -0.497 e. The van der Waals surface area contributed by atoms with Crippen LogP contribution < -0.4 is 10.1 Å². The van der Waals surface area contributed by atoms with Gasteiger partial charge in [-0.15, -0.1) is 11.3 Å². The fourth-order valence-corrected chi connectivity index (χ4v) is 3.08. The van der Waals surface area contributed by atoms with E-state index >= 15 is 0 Å². The first-order valence-electron chi connectivity index (χ1n) is 6.53. The van der Waals surface area contributed by atoms with E-state index in [1.54, 1.807) is 7.11 Å². The highest BCUT2D eigenvalue weighted by Crippen LogP contribution is 2.22. The maximum absolute atomic E-state index is 5.18. The third-order valence-electron chi connectivity index (χ3n) is 3.36. The second-order valence-electron chi connectivity index (χ2n) is 4.81. The zero-order valence-corrected chi connectivity index (χ0v) is 12.8. The largest absolute Gasteiger partial charge is 0.497 e. The second kappa shape index (κ2) is 6.22. The molecule has 19 heavy (non-hydrogen) atoms. The van der Waals surface area contributed by atoms with Gasteiger partial charge >= 0.3 is 0 Å². The summed E-state index contributed by atoms with van der Waals surface area (Å²) >= 11 is 1.87. The quantitative estimate of drug-likeness (QED) is 0.882. The number of thiophene rings is 1. The van der Waals surface area contributed by atoms with Crippen LogP contribution in [0.4, 0.5) is 0 Å². The van der Waals surface area contributed by atoms with Crippen molar-refractivity contribution in [1.82, 2.24) is 5.32 Å². The van der Waals surface area contributed by atoms with Gasteiger partial charge in [-0.3, -0.25) is 0 Å². The Kier molecular flexibility index (Phi) is 4.61. The van der Waals surface area contributed by atoms with Crippen molar-refractivity contribution < 1.29 is 4.74 Å². The Morgan fingerprint density at radius 1 is 1.21 bits per heavy atom. The summed E-state index contributed by atoms with van der Waals surface area (Å²) in [4.78, 5) is 2.79. The average molecular weight is 275 g/mol. The van der Waals surface area contributed by atoms with Crippen LogP contribution in [0.2, 0.25) is 0 Å². The first-order chi connectivity index (χ1) is 9.10. The molecular weight excluding hydrogens is 254 g/mol. The van der Waals surface area contributed by atoms with E-state index in [0.717, 1.165) is 12.3 Å².